The first-order valence-corrected chi connectivity index (χ1v) is 11.4. The minimum Gasteiger partial charge on any atom is -0.446 e. The molecule has 1 saturated carbocycles. The van der Waals surface area contributed by atoms with Gasteiger partial charge in [-0.3, -0.25) is 4.79 Å². The SMILES string of the molecule is O=C(NCCc1ccccc1)OC1CCC2(CC1)CCN(c1ccc(OC(F)(F)F)cc1)C2=O. The Kier molecular flexibility index (Phi) is 7.00. The number of nitrogens with one attached hydrogen (secondary N) is 1. The molecule has 1 saturated heterocycles. The Bertz CT molecular complexity index is 987. The molecule has 2 aromatic rings. The third-order valence-electron chi connectivity index (χ3n) is 6.58. The minimum absolute atomic E-state index is 0.0252. The third kappa shape index (κ3) is 5.81. The maximum absolute atomic E-state index is 13.2. The van der Waals surface area contributed by atoms with Gasteiger partial charge in [0.05, 0.1) is 5.41 Å². The van der Waals surface area contributed by atoms with Crippen molar-refractivity contribution in [3.8, 4) is 5.75 Å². The molecule has 182 valence electrons. The normalized spacial score (nSPS) is 22.6. The molecule has 2 amide bonds. The van der Waals surface area contributed by atoms with Crippen molar-refractivity contribution in [2.45, 2.75) is 51.0 Å². The van der Waals surface area contributed by atoms with E-state index in [2.05, 4.69) is 10.1 Å². The lowest BCUT2D eigenvalue weighted by Gasteiger charge is -2.35. The molecule has 9 heteroatoms. The molecule has 2 fully saturated rings. The van der Waals surface area contributed by atoms with E-state index >= 15 is 0 Å². The van der Waals surface area contributed by atoms with E-state index in [-0.39, 0.29) is 17.8 Å². The molecule has 1 aliphatic heterocycles. The predicted molar refractivity (Wildman–Crippen MR) is 119 cm³/mol. The summed E-state index contributed by atoms with van der Waals surface area (Å²) >= 11 is 0. The summed E-state index contributed by atoms with van der Waals surface area (Å²) in [5.41, 5.74) is 1.17. The number of nitrogens with zero attached hydrogens (tertiary/aromatic N) is 1. The largest absolute Gasteiger partial charge is 0.573 e. The van der Waals surface area contributed by atoms with Crippen LogP contribution < -0.4 is 15.0 Å². The standard InChI is InChI=1S/C25H27F3N2O4/c26-25(27,28)34-21-8-6-19(7-9-21)30-17-15-24(22(30)31)13-10-20(11-14-24)33-23(32)29-16-12-18-4-2-1-3-5-18/h1-9,20H,10-17H2,(H,29,32). The molecule has 0 radical (unpaired) electrons. The first kappa shape index (κ1) is 23.9. The Morgan fingerprint density at radius 1 is 1.03 bits per heavy atom. The fourth-order valence-corrected chi connectivity index (χ4v) is 4.77. The monoisotopic (exact) mass is 476 g/mol. The molecule has 34 heavy (non-hydrogen) atoms. The molecule has 1 spiro atoms. The van der Waals surface area contributed by atoms with Crippen LogP contribution in [-0.2, 0) is 16.0 Å². The molecule has 1 aliphatic carbocycles. The molecule has 1 heterocycles. The molecule has 0 aromatic heterocycles. The van der Waals surface area contributed by atoms with Gasteiger partial charge >= 0.3 is 12.5 Å². The van der Waals surface area contributed by atoms with E-state index in [0.29, 0.717) is 50.9 Å². The van der Waals surface area contributed by atoms with Crippen molar-refractivity contribution in [2.75, 3.05) is 18.0 Å². The summed E-state index contributed by atoms with van der Waals surface area (Å²) in [5, 5.41) is 2.78. The first-order chi connectivity index (χ1) is 16.2. The lowest BCUT2D eigenvalue weighted by molar-refractivity contribution is -0.274. The van der Waals surface area contributed by atoms with Crippen LogP contribution in [-0.4, -0.2) is 37.6 Å². The summed E-state index contributed by atoms with van der Waals surface area (Å²) in [5.74, 6) is -0.347. The Morgan fingerprint density at radius 2 is 1.71 bits per heavy atom. The second-order valence-corrected chi connectivity index (χ2v) is 8.80. The van der Waals surface area contributed by atoms with E-state index in [0.717, 1.165) is 12.0 Å². The number of ether oxygens (including phenoxy) is 2. The van der Waals surface area contributed by atoms with Crippen LogP contribution in [0.15, 0.2) is 54.6 Å². The molecule has 2 aliphatic rings. The quantitative estimate of drug-likeness (QED) is 0.621. The van der Waals surface area contributed by atoms with Gasteiger partial charge < -0.3 is 19.7 Å². The van der Waals surface area contributed by atoms with Crippen LogP contribution in [0.4, 0.5) is 23.7 Å². The molecule has 6 nitrogen and oxygen atoms in total. The zero-order valence-corrected chi connectivity index (χ0v) is 18.6. The van der Waals surface area contributed by atoms with Crippen molar-refractivity contribution < 1.29 is 32.2 Å². The molecular formula is C25H27F3N2O4. The van der Waals surface area contributed by atoms with Crippen molar-refractivity contribution in [3.05, 3.63) is 60.2 Å². The average molecular weight is 476 g/mol. The number of carbonyl (C=O) groups is 2. The topological polar surface area (TPSA) is 67.9 Å². The molecule has 0 unspecified atom stereocenters. The lowest BCUT2D eigenvalue weighted by Crippen LogP contribution is -2.40. The van der Waals surface area contributed by atoms with Gasteiger partial charge in [0.1, 0.15) is 11.9 Å². The number of alkyl carbamates (subject to hydrolysis) is 1. The van der Waals surface area contributed by atoms with Gasteiger partial charge in [0.2, 0.25) is 5.91 Å². The highest BCUT2D eigenvalue weighted by molar-refractivity contribution is 6.00. The van der Waals surface area contributed by atoms with Crippen molar-refractivity contribution in [2.24, 2.45) is 5.41 Å². The van der Waals surface area contributed by atoms with E-state index in [4.69, 9.17) is 4.74 Å². The summed E-state index contributed by atoms with van der Waals surface area (Å²) < 4.78 is 46.5. The molecule has 2 aromatic carbocycles. The van der Waals surface area contributed by atoms with E-state index < -0.39 is 17.9 Å². The predicted octanol–water partition coefficient (Wildman–Crippen LogP) is 5.22. The zero-order valence-electron chi connectivity index (χ0n) is 18.6. The Balaban J connectivity index is 1.24. The van der Waals surface area contributed by atoms with Crippen LogP contribution in [0, 0.1) is 5.41 Å². The maximum atomic E-state index is 13.2. The van der Waals surface area contributed by atoms with E-state index in [1.165, 1.54) is 24.3 Å². The van der Waals surface area contributed by atoms with E-state index in [1.807, 2.05) is 30.3 Å². The number of carbonyl (C=O) groups excluding carboxylic acids is 2. The van der Waals surface area contributed by atoms with Crippen molar-refractivity contribution in [3.63, 3.8) is 0 Å². The zero-order chi connectivity index (χ0) is 24.2. The Hall–Kier alpha value is -3.23. The number of hydrogen-bond donors (Lipinski definition) is 1. The molecule has 1 N–H and O–H groups in total. The summed E-state index contributed by atoms with van der Waals surface area (Å²) in [7, 11) is 0. The van der Waals surface area contributed by atoms with Crippen LogP contribution >= 0.6 is 0 Å². The van der Waals surface area contributed by atoms with Gasteiger partial charge in [-0.25, -0.2) is 4.79 Å². The van der Waals surface area contributed by atoms with Crippen molar-refractivity contribution in [1.82, 2.24) is 5.32 Å². The van der Waals surface area contributed by atoms with Crippen LogP contribution in [0.2, 0.25) is 0 Å². The maximum Gasteiger partial charge on any atom is 0.573 e. The summed E-state index contributed by atoms with van der Waals surface area (Å²) in [6.45, 7) is 0.990. The fraction of sp³-hybridized carbons (Fsp3) is 0.440. The second kappa shape index (κ2) is 9.95. The fourth-order valence-electron chi connectivity index (χ4n) is 4.77. The van der Waals surface area contributed by atoms with E-state index in [1.54, 1.807) is 4.90 Å². The van der Waals surface area contributed by atoms with Crippen molar-refractivity contribution in [1.29, 1.82) is 0 Å². The Labute approximate surface area is 196 Å². The van der Waals surface area contributed by atoms with Gasteiger partial charge in [-0.05, 0) is 68.4 Å². The number of amides is 2. The smallest absolute Gasteiger partial charge is 0.446 e. The number of alkyl halides is 3. The van der Waals surface area contributed by atoms with E-state index in [9.17, 15) is 22.8 Å². The van der Waals surface area contributed by atoms with Crippen LogP contribution in [0.25, 0.3) is 0 Å². The number of halogens is 3. The minimum atomic E-state index is -4.76. The number of anilines is 1. The summed E-state index contributed by atoms with van der Waals surface area (Å²) in [4.78, 5) is 27.0. The third-order valence-corrected chi connectivity index (χ3v) is 6.58. The highest BCUT2D eigenvalue weighted by Crippen LogP contribution is 2.46. The average Bonchev–Trinajstić information content (AvgIpc) is 3.11. The van der Waals surface area contributed by atoms with Gasteiger partial charge in [-0.15, -0.1) is 13.2 Å². The second-order valence-electron chi connectivity index (χ2n) is 8.80. The lowest BCUT2D eigenvalue weighted by atomic mass is 9.72. The molecule has 0 atom stereocenters. The van der Waals surface area contributed by atoms with Crippen LogP contribution in [0.1, 0.15) is 37.7 Å². The molecule has 4 rings (SSSR count). The molecule has 0 bridgehead atoms. The van der Waals surface area contributed by atoms with Crippen LogP contribution in [0.3, 0.4) is 0 Å². The van der Waals surface area contributed by atoms with Crippen LogP contribution in [0.5, 0.6) is 5.75 Å². The van der Waals surface area contributed by atoms with Gasteiger partial charge in [0, 0.05) is 18.8 Å². The highest BCUT2D eigenvalue weighted by atomic mass is 19.4. The first-order valence-electron chi connectivity index (χ1n) is 11.4. The Morgan fingerprint density at radius 3 is 2.35 bits per heavy atom. The molecular weight excluding hydrogens is 449 g/mol. The summed E-state index contributed by atoms with van der Waals surface area (Å²) in [6, 6.07) is 15.2. The summed E-state index contributed by atoms with van der Waals surface area (Å²) in [6.07, 6.45) is -1.62. The number of rotatable bonds is 6. The van der Waals surface area contributed by atoms with Gasteiger partial charge in [0.15, 0.2) is 0 Å². The van der Waals surface area contributed by atoms with Gasteiger partial charge in [0.25, 0.3) is 0 Å². The van der Waals surface area contributed by atoms with Crippen molar-refractivity contribution >= 4 is 17.7 Å². The van der Waals surface area contributed by atoms with Gasteiger partial charge in [-0.2, -0.15) is 0 Å². The number of benzene rings is 2. The van der Waals surface area contributed by atoms with Gasteiger partial charge in [-0.1, -0.05) is 30.3 Å². The number of hydrogen-bond acceptors (Lipinski definition) is 4. The highest BCUT2D eigenvalue weighted by Gasteiger charge is 2.49.